The number of imidazole rings is 1. The zero-order valence-electron chi connectivity index (χ0n) is 17.1. The van der Waals surface area contributed by atoms with Crippen molar-refractivity contribution in [2.24, 2.45) is 7.05 Å². The Kier molecular flexibility index (Phi) is 5.65. The standard InChI is InChI=1S/C20H24Cl2N6O2/c1-23-14-9-4-11(21)10-15(14)26(2)19-24-17(22)16-18(25-19)28(20(30)27(16)3)12-5-7-13(29)8-6-12/h4,9-10,12-13,23,29H,5-8H2,1-3H3. The second-order valence-corrected chi connectivity index (χ2v) is 8.43. The van der Waals surface area contributed by atoms with Crippen molar-refractivity contribution >= 4 is 51.7 Å². The molecule has 0 radical (unpaired) electrons. The van der Waals surface area contributed by atoms with Crippen LogP contribution < -0.4 is 15.9 Å². The van der Waals surface area contributed by atoms with Crippen LogP contribution in [-0.2, 0) is 7.05 Å². The molecule has 0 unspecified atom stereocenters. The highest BCUT2D eigenvalue weighted by atomic mass is 35.5. The van der Waals surface area contributed by atoms with Crippen LogP contribution in [-0.4, -0.2) is 44.4 Å². The number of aromatic nitrogens is 4. The minimum Gasteiger partial charge on any atom is -0.393 e. The second-order valence-electron chi connectivity index (χ2n) is 7.63. The third-order valence-corrected chi connectivity index (χ3v) is 6.29. The first-order valence-electron chi connectivity index (χ1n) is 9.85. The first-order chi connectivity index (χ1) is 14.3. The van der Waals surface area contributed by atoms with Gasteiger partial charge in [-0.15, -0.1) is 0 Å². The van der Waals surface area contributed by atoms with Crippen molar-refractivity contribution in [2.45, 2.75) is 37.8 Å². The highest BCUT2D eigenvalue weighted by Crippen LogP contribution is 2.35. The number of fused-ring (bicyclic) bond motifs is 1. The Bertz CT molecular complexity index is 1150. The SMILES string of the molecule is CNc1ccc(Cl)cc1N(C)c1nc(Cl)c2c(n1)n(C1CCC(O)CC1)c(=O)n2C. The predicted molar refractivity (Wildman–Crippen MR) is 120 cm³/mol. The molecule has 2 N–H and O–H groups in total. The van der Waals surface area contributed by atoms with Gasteiger partial charge in [0.05, 0.1) is 17.5 Å². The van der Waals surface area contributed by atoms with Crippen molar-refractivity contribution in [1.29, 1.82) is 0 Å². The number of halogens is 2. The molecule has 0 bridgehead atoms. The van der Waals surface area contributed by atoms with Crippen LogP contribution in [0.4, 0.5) is 17.3 Å². The van der Waals surface area contributed by atoms with Crippen LogP contribution in [0, 0.1) is 0 Å². The van der Waals surface area contributed by atoms with Crippen LogP contribution in [0.25, 0.3) is 11.2 Å². The zero-order chi connectivity index (χ0) is 21.6. The summed E-state index contributed by atoms with van der Waals surface area (Å²) in [7, 11) is 5.32. The van der Waals surface area contributed by atoms with Crippen LogP contribution in [0.2, 0.25) is 10.2 Å². The minimum absolute atomic E-state index is 0.0345. The van der Waals surface area contributed by atoms with Gasteiger partial charge in [0.1, 0.15) is 5.52 Å². The smallest absolute Gasteiger partial charge is 0.330 e. The molecule has 1 saturated carbocycles. The summed E-state index contributed by atoms with van der Waals surface area (Å²) in [5.41, 5.74) is 2.46. The van der Waals surface area contributed by atoms with Crippen LogP contribution in [0.15, 0.2) is 23.0 Å². The Morgan fingerprint density at radius 2 is 1.90 bits per heavy atom. The van der Waals surface area contributed by atoms with Gasteiger partial charge in [0.25, 0.3) is 0 Å². The van der Waals surface area contributed by atoms with Crippen molar-refractivity contribution in [3.05, 3.63) is 38.9 Å². The number of aryl methyl sites for hydroxylation is 1. The van der Waals surface area contributed by atoms with E-state index in [4.69, 9.17) is 28.2 Å². The van der Waals surface area contributed by atoms with Crippen molar-refractivity contribution < 1.29 is 5.11 Å². The summed E-state index contributed by atoms with van der Waals surface area (Å²) in [6, 6.07) is 5.46. The van der Waals surface area contributed by atoms with Gasteiger partial charge in [-0.05, 0) is 43.9 Å². The number of hydrogen-bond donors (Lipinski definition) is 2. The van der Waals surface area contributed by atoms with Crippen molar-refractivity contribution in [1.82, 2.24) is 19.1 Å². The minimum atomic E-state index is -0.311. The molecule has 4 rings (SSSR count). The van der Waals surface area contributed by atoms with E-state index >= 15 is 0 Å². The number of benzene rings is 1. The highest BCUT2D eigenvalue weighted by molar-refractivity contribution is 6.33. The van der Waals surface area contributed by atoms with Gasteiger partial charge < -0.3 is 15.3 Å². The lowest BCUT2D eigenvalue weighted by Gasteiger charge is -2.26. The molecule has 160 valence electrons. The molecular weight excluding hydrogens is 427 g/mol. The van der Waals surface area contributed by atoms with Crippen molar-refractivity contribution in [3.63, 3.8) is 0 Å². The van der Waals surface area contributed by atoms with Gasteiger partial charge in [-0.2, -0.15) is 9.97 Å². The lowest BCUT2D eigenvalue weighted by molar-refractivity contribution is 0.110. The summed E-state index contributed by atoms with van der Waals surface area (Å²) < 4.78 is 3.19. The third-order valence-electron chi connectivity index (χ3n) is 5.79. The van der Waals surface area contributed by atoms with Crippen molar-refractivity contribution in [2.75, 3.05) is 24.3 Å². The van der Waals surface area contributed by atoms with E-state index in [1.54, 1.807) is 22.6 Å². The Hall–Kier alpha value is -2.29. The topological polar surface area (TPSA) is 88.2 Å². The molecule has 8 nitrogen and oxygen atoms in total. The molecule has 0 spiro atoms. The molecule has 1 aliphatic rings. The van der Waals surface area contributed by atoms with Crippen LogP contribution in [0.1, 0.15) is 31.7 Å². The molecule has 0 amide bonds. The summed E-state index contributed by atoms with van der Waals surface area (Å²) in [5.74, 6) is 0.362. The Morgan fingerprint density at radius 3 is 2.57 bits per heavy atom. The van der Waals surface area contributed by atoms with Gasteiger partial charge in [-0.25, -0.2) is 4.79 Å². The van der Waals surface area contributed by atoms with E-state index in [1.807, 2.05) is 26.2 Å². The van der Waals surface area contributed by atoms with Gasteiger partial charge >= 0.3 is 5.69 Å². The molecule has 1 aromatic carbocycles. The van der Waals surface area contributed by atoms with Gasteiger partial charge in [0.2, 0.25) is 5.95 Å². The molecule has 0 atom stereocenters. The maximum absolute atomic E-state index is 13.0. The first-order valence-corrected chi connectivity index (χ1v) is 10.6. The largest absolute Gasteiger partial charge is 0.393 e. The number of hydrogen-bond acceptors (Lipinski definition) is 6. The number of aliphatic hydroxyl groups excluding tert-OH is 1. The Morgan fingerprint density at radius 1 is 1.20 bits per heavy atom. The van der Waals surface area contributed by atoms with E-state index in [-0.39, 0.29) is 23.0 Å². The average molecular weight is 451 g/mol. The maximum atomic E-state index is 13.0. The normalized spacial score (nSPS) is 19.3. The summed E-state index contributed by atoms with van der Waals surface area (Å²) in [6.07, 6.45) is 2.44. The molecule has 0 aliphatic heterocycles. The Labute approximate surface area is 184 Å². The fourth-order valence-electron chi connectivity index (χ4n) is 4.11. The molecule has 30 heavy (non-hydrogen) atoms. The predicted octanol–water partition coefficient (Wildman–Crippen LogP) is 3.72. The summed E-state index contributed by atoms with van der Waals surface area (Å²) in [4.78, 5) is 24.0. The summed E-state index contributed by atoms with van der Waals surface area (Å²) in [6.45, 7) is 0. The molecule has 10 heteroatoms. The van der Waals surface area contributed by atoms with Crippen LogP contribution in [0.3, 0.4) is 0 Å². The maximum Gasteiger partial charge on any atom is 0.330 e. The second kappa shape index (κ2) is 8.09. The average Bonchev–Trinajstić information content (AvgIpc) is 2.98. The van der Waals surface area contributed by atoms with E-state index in [0.29, 0.717) is 47.8 Å². The van der Waals surface area contributed by atoms with E-state index in [1.165, 1.54) is 4.57 Å². The first kappa shape index (κ1) is 21.0. The van der Waals surface area contributed by atoms with Gasteiger partial charge in [0.15, 0.2) is 10.8 Å². The van der Waals surface area contributed by atoms with Crippen molar-refractivity contribution in [3.8, 4) is 0 Å². The van der Waals surface area contributed by atoms with E-state index in [2.05, 4.69) is 10.3 Å². The molecule has 3 aromatic rings. The van der Waals surface area contributed by atoms with Gasteiger partial charge in [-0.3, -0.25) is 9.13 Å². The lowest BCUT2D eigenvalue weighted by Crippen LogP contribution is -2.30. The molecule has 2 aromatic heterocycles. The molecule has 1 fully saturated rings. The van der Waals surface area contributed by atoms with E-state index in [9.17, 15) is 9.90 Å². The molecule has 0 saturated heterocycles. The van der Waals surface area contributed by atoms with Crippen LogP contribution in [0.5, 0.6) is 0 Å². The Balaban J connectivity index is 1.86. The number of rotatable bonds is 4. The van der Waals surface area contributed by atoms with E-state index < -0.39 is 0 Å². The van der Waals surface area contributed by atoms with E-state index in [0.717, 1.165) is 11.4 Å². The molecule has 2 heterocycles. The number of anilines is 3. The fourth-order valence-corrected chi connectivity index (χ4v) is 4.56. The summed E-state index contributed by atoms with van der Waals surface area (Å²) >= 11 is 12.7. The lowest BCUT2D eigenvalue weighted by atomic mass is 9.93. The van der Waals surface area contributed by atoms with Crippen LogP contribution >= 0.6 is 23.2 Å². The van der Waals surface area contributed by atoms with Gasteiger partial charge in [0, 0.05) is 32.2 Å². The van der Waals surface area contributed by atoms with Gasteiger partial charge in [-0.1, -0.05) is 23.2 Å². The number of nitrogens with one attached hydrogen (secondary N) is 1. The molecular formula is C20H24Cl2N6O2. The quantitative estimate of drug-likeness (QED) is 0.588. The zero-order valence-corrected chi connectivity index (χ0v) is 18.6. The fraction of sp³-hybridized carbons (Fsp3) is 0.450. The third kappa shape index (κ3) is 3.53. The number of nitrogens with zero attached hydrogens (tertiary/aromatic N) is 5. The molecule has 1 aliphatic carbocycles. The highest BCUT2D eigenvalue weighted by Gasteiger charge is 2.27. The monoisotopic (exact) mass is 450 g/mol. The number of aliphatic hydroxyl groups is 1. The summed E-state index contributed by atoms with van der Waals surface area (Å²) in [5, 5.41) is 13.8.